The number of aliphatic hydroxyl groups excluding tert-OH is 1. The Morgan fingerprint density at radius 2 is 1.71 bits per heavy atom. The number of benzene rings is 1. The third-order valence-electron chi connectivity index (χ3n) is 9.49. The number of rotatable bonds is 5. The summed E-state index contributed by atoms with van der Waals surface area (Å²) in [5.41, 5.74) is 1.09. The van der Waals surface area contributed by atoms with Gasteiger partial charge >= 0.3 is 0 Å². The van der Waals surface area contributed by atoms with Gasteiger partial charge in [0.2, 0.25) is 5.91 Å². The third-order valence-corrected chi connectivity index (χ3v) is 9.49. The second-order valence-corrected chi connectivity index (χ2v) is 11.7. The van der Waals surface area contributed by atoms with Gasteiger partial charge in [0.25, 0.3) is 5.91 Å². The molecule has 35 heavy (non-hydrogen) atoms. The SMILES string of the molecule is C[C@H]1[C@@H]2[C@@H](O)[C@@H]([C@H](C)C(=O)NC3CCCCC3)CC[C@@]2(C)CC[C@@H]1NC(=O)c1ccc(C#N)cc1. The van der Waals surface area contributed by atoms with Gasteiger partial charge in [-0.3, -0.25) is 9.59 Å². The van der Waals surface area contributed by atoms with E-state index >= 15 is 0 Å². The first-order valence-corrected chi connectivity index (χ1v) is 13.5. The number of carbonyl (C=O) groups is 2. The number of nitrogens with zero attached hydrogens (tertiary/aromatic N) is 1. The molecule has 1 aromatic carbocycles. The molecular formula is C29H41N3O3. The fraction of sp³-hybridized carbons (Fsp3) is 0.690. The first kappa shape index (κ1) is 25.7. The number of carbonyl (C=O) groups excluding carboxylic acids is 2. The topological polar surface area (TPSA) is 102 Å². The van der Waals surface area contributed by atoms with E-state index < -0.39 is 6.10 Å². The Labute approximate surface area is 209 Å². The summed E-state index contributed by atoms with van der Waals surface area (Å²) < 4.78 is 0. The summed E-state index contributed by atoms with van der Waals surface area (Å²) in [7, 11) is 0. The van der Waals surface area contributed by atoms with Crippen molar-refractivity contribution in [2.45, 2.75) is 96.7 Å². The van der Waals surface area contributed by atoms with Gasteiger partial charge in [-0.15, -0.1) is 0 Å². The van der Waals surface area contributed by atoms with E-state index in [-0.39, 0.29) is 53.0 Å². The Hall–Kier alpha value is -2.39. The van der Waals surface area contributed by atoms with E-state index in [2.05, 4.69) is 30.6 Å². The summed E-state index contributed by atoms with van der Waals surface area (Å²) in [5.74, 6) is -0.214. The molecule has 3 aliphatic carbocycles. The van der Waals surface area contributed by atoms with Gasteiger partial charge in [-0.05, 0) is 86.0 Å². The predicted octanol–water partition coefficient (Wildman–Crippen LogP) is 4.56. The maximum atomic E-state index is 13.1. The Morgan fingerprint density at radius 1 is 1.06 bits per heavy atom. The van der Waals surface area contributed by atoms with Crippen LogP contribution in [-0.2, 0) is 4.79 Å². The van der Waals surface area contributed by atoms with Gasteiger partial charge in [0, 0.05) is 23.6 Å². The zero-order valence-electron chi connectivity index (χ0n) is 21.4. The molecule has 3 N–H and O–H groups in total. The largest absolute Gasteiger partial charge is 0.392 e. The molecule has 3 fully saturated rings. The lowest BCUT2D eigenvalue weighted by Crippen LogP contribution is -2.58. The van der Waals surface area contributed by atoms with Crippen molar-refractivity contribution >= 4 is 11.8 Å². The Kier molecular flexibility index (Phi) is 7.86. The van der Waals surface area contributed by atoms with Crippen LogP contribution in [-0.4, -0.2) is 35.1 Å². The molecule has 3 saturated carbocycles. The van der Waals surface area contributed by atoms with Gasteiger partial charge in [-0.1, -0.05) is 40.0 Å². The van der Waals surface area contributed by atoms with E-state index in [4.69, 9.17) is 5.26 Å². The van der Waals surface area contributed by atoms with Crippen LogP contribution in [0.3, 0.4) is 0 Å². The van der Waals surface area contributed by atoms with Gasteiger partial charge in [0.15, 0.2) is 0 Å². The van der Waals surface area contributed by atoms with E-state index in [0.717, 1.165) is 38.5 Å². The lowest BCUT2D eigenvalue weighted by atomic mass is 9.51. The smallest absolute Gasteiger partial charge is 0.251 e. The monoisotopic (exact) mass is 479 g/mol. The van der Waals surface area contributed by atoms with Gasteiger partial charge in [0.05, 0.1) is 17.7 Å². The second-order valence-electron chi connectivity index (χ2n) is 11.7. The fourth-order valence-corrected chi connectivity index (χ4v) is 7.22. The summed E-state index contributed by atoms with van der Waals surface area (Å²) in [6, 6.07) is 9.01. The summed E-state index contributed by atoms with van der Waals surface area (Å²) in [6.45, 7) is 6.40. The minimum Gasteiger partial charge on any atom is -0.392 e. The van der Waals surface area contributed by atoms with Crippen molar-refractivity contribution in [3.63, 3.8) is 0 Å². The summed E-state index contributed by atoms with van der Waals surface area (Å²) >= 11 is 0. The maximum absolute atomic E-state index is 13.1. The highest BCUT2D eigenvalue weighted by Gasteiger charge is 2.54. The molecule has 6 heteroatoms. The molecule has 7 atom stereocenters. The Balaban J connectivity index is 1.42. The average molecular weight is 480 g/mol. The first-order valence-electron chi connectivity index (χ1n) is 13.5. The Bertz CT molecular complexity index is 949. The molecule has 6 nitrogen and oxygen atoms in total. The van der Waals surface area contributed by atoms with Crippen LogP contribution in [0.15, 0.2) is 24.3 Å². The highest BCUT2D eigenvalue weighted by atomic mass is 16.3. The molecule has 0 aromatic heterocycles. The highest BCUT2D eigenvalue weighted by molar-refractivity contribution is 5.94. The van der Waals surface area contributed by atoms with Crippen LogP contribution in [0.1, 0.15) is 94.5 Å². The van der Waals surface area contributed by atoms with Crippen molar-refractivity contribution in [2.24, 2.45) is 29.1 Å². The van der Waals surface area contributed by atoms with Crippen LogP contribution in [0.5, 0.6) is 0 Å². The number of nitriles is 1. The summed E-state index contributed by atoms with van der Waals surface area (Å²) in [6.07, 6.45) is 8.86. The minimum atomic E-state index is -0.564. The van der Waals surface area contributed by atoms with Gasteiger partial charge in [-0.2, -0.15) is 5.26 Å². The van der Waals surface area contributed by atoms with Gasteiger partial charge in [0.1, 0.15) is 0 Å². The van der Waals surface area contributed by atoms with E-state index in [1.54, 1.807) is 24.3 Å². The standard InChI is InChI=1S/C29H41N3O3/c1-18(27(34)31-22-7-5-4-6-8-22)23-13-15-29(3)16-14-24(19(2)25(29)26(23)33)32-28(35)21-11-9-20(17-30)10-12-21/h9-12,18-19,22-26,33H,4-8,13-16H2,1-3H3,(H,31,34)(H,32,35)/t18-,19+,23+,24-,25+,26-,29-/m0/s1. The zero-order valence-corrected chi connectivity index (χ0v) is 21.4. The zero-order chi connectivity index (χ0) is 25.2. The molecule has 3 aliphatic rings. The lowest BCUT2D eigenvalue weighted by Gasteiger charge is -2.56. The van der Waals surface area contributed by atoms with Crippen molar-refractivity contribution < 1.29 is 14.7 Å². The Morgan fingerprint density at radius 3 is 2.37 bits per heavy atom. The predicted molar refractivity (Wildman–Crippen MR) is 135 cm³/mol. The van der Waals surface area contributed by atoms with Crippen LogP contribution >= 0.6 is 0 Å². The molecule has 0 spiro atoms. The normalized spacial score (nSPS) is 34.2. The molecule has 0 bridgehead atoms. The van der Waals surface area contributed by atoms with Crippen molar-refractivity contribution in [1.29, 1.82) is 5.26 Å². The molecule has 1 aromatic rings. The number of aliphatic hydroxyl groups is 1. The van der Waals surface area contributed by atoms with Gasteiger partial charge < -0.3 is 15.7 Å². The van der Waals surface area contributed by atoms with E-state index in [9.17, 15) is 14.7 Å². The second kappa shape index (κ2) is 10.7. The van der Waals surface area contributed by atoms with Gasteiger partial charge in [-0.25, -0.2) is 0 Å². The summed E-state index contributed by atoms with van der Waals surface area (Å²) in [5, 5.41) is 27.1. The maximum Gasteiger partial charge on any atom is 0.251 e. The third kappa shape index (κ3) is 5.40. The summed E-state index contributed by atoms with van der Waals surface area (Å²) in [4.78, 5) is 26.0. The van der Waals surface area contributed by atoms with Crippen molar-refractivity contribution in [2.75, 3.05) is 0 Å². The number of nitrogens with one attached hydrogen (secondary N) is 2. The van der Waals surface area contributed by atoms with E-state index in [1.165, 1.54) is 19.3 Å². The molecule has 0 radical (unpaired) electrons. The number of hydrogen-bond donors (Lipinski definition) is 3. The van der Waals surface area contributed by atoms with Crippen molar-refractivity contribution in [1.82, 2.24) is 10.6 Å². The molecular weight excluding hydrogens is 438 g/mol. The van der Waals surface area contributed by atoms with E-state index in [1.807, 2.05) is 6.92 Å². The van der Waals surface area contributed by atoms with Crippen LogP contribution in [0.25, 0.3) is 0 Å². The fourth-order valence-electron chi connectivity index (χ4n) is 7.22. The molecule has 0 saturated heterocycles. The quantitative estimate of drug-likeness (QED) is 0.576. The average Bonchev–Trinajstić information content (AvgIpc) is 2.86. The number of hydrogen-bond acceptors (Lipinski definition) is 4. The number of amides is 2. The molecule has 0 aliphatic heterocycles. The van der Waals surface area contributed by atoms with Crippen molar-refractivity contribution in [3.8, 4) is 6.07 Å². The van der Waals surface area contributed by atoms with E-state index in [0.29, 0.717) is 11.1 Å². The molecule has 2 amide bonds. The van der Waals surface area contributed by atoms with Crippen molar-refractivity contribution in [3.05, 3.63) is 35.4 Å². The van der Waals surface area contributed by atoms with Crippen LogP contribution in [0.2, 0.25) is 0 Å². The minimum absolute atomic E-state index is 0.0184. The molecule has 0 unspecified atom stereocenters. The lowest BCUT2D eigenvalue weighted by molar-refractivity contribution is -0.142. The molecule has 4 rings (SSSR count). The number of fused-ring (bicyclic) bond motifs is 1. The van der Waals surface area contributed by atoms with Crippen LogP contribution in [0.4, 0.5) is 0 Å². The molecule has 190 valence electrons. The first-order chi connectivity index (χ1) is 16.7. The van der Waals surface area contributed by atoms with Crippen LogP contribution < -0.4 is 10.6 Å². The molecule has 0 heterocycles. The highest BCUT2D eigenvalue weighted by Crippen LogP contribution is 2.55. The van der Waals surface area contributed by atoms with Crippen LogP contribution in [0, 0.1) is 40.4 Å².